The van der Waals surface area contributed by atoms with E-state index in [1.807, 2.05) is 17.0 Å². The van der Waals surface area contributed by atoms with Gasteiger partial charge in [-0.15, -0.1) is 0 Å². The summed E-state index contributed by atoms with van der Waals surface area (Å²) in [5.74, 6) is 3.23. The second-order valence-electron chi connectivity index (χ2n) is 8.20. The minimum atomic E-state index is 0.0379. The lowest BCUT2D eigenvalue weighted by Gasteiger charge is -2.23. The number of imidazole rings is 1. The van der Waals surface area contributed by atoms with Gasteiger partial charge in [-0.05, 0) is 24.3 Å². The van der Waals surface area contributed by atoms with Crippen molar-refractivity contribution in [3.63, 3.8) is 0 Å². The maximum atomic E-state index is 13.1. The topological polar surface area (TPSA) is 59.8 Å². The molecule has 3 heterocycles. The lowest BCUT2D eigenvalue weighted by molar-refractivity contribution is 0.0782. The monoisotopic (exact) mass is 406 g/mol. The highest BCUT2D eigenvalue weighted by Crippen LogP contribution is 2.35. The van der Waals surface area contributed by atoms with Gasteiger partial charge in [0.1, 0.15) is 11.5 Å². The molecule has 2 saturated heterocycles. The fourth-order valence-electron chi connectivity index (χ4n) is 4.85. The maximum Gasteiger partial charge on any atom is 0.254 e. The van der Waals surface area contributed by atoms with Gasteiger partial charge in [0, 0.05) is 56.7 Å². The van der Waals surface area contributed by atoms with Gasteiger partial charge >= 0.3 is 0 Å². The Morgan fingerprint density at radius 3 is 2.20 bits per heavy atom. The van der Waals surface area contributed by atoms with E-state index in [4.69, 9.17) is 14.5 Å². The number of rotatable bonds is 4. The predicted octanol–water partition coefficient (Wildman–Crippen LogP) is 2.80. The Kier molecular flexibility index (Phi) is 4.53. The van der Waals surface area contributed by atoms with Gasteiger partial charge in [0.2, 0.25) is 5.95 Å². The number of carbonyl (C=O) groups is 1. The lowest BCUT2D eigenvalue weighted by Crippen LogP contribution is -2.34. The largest absolute Gasteiger partial charge is 0.497 e. The molecule has 1 aromatic heterocycles. The van der Waals surface area contributed by atoms with Gasteiger partial charge < -0.3 is 23.8 Å². The van der Waals surface area contributed by atoms with E-state index in [9.17, 15) is 4.79 Å². The van der Waals surface area contributed by atoms with Crippen LogP contribution < -0.4 is 14.4 Å². The first-order valence-electron chi connectivity index (χ1n) is 10.3. The Morgan fingerprint density at radius 2 is 1.60 bits per heavy atom. The number of ether oxygens (including phenoxy) is 2. The van der Waals surface area contributed by atoms with Gasteiger partial charge in [-0.2, -0.15) is 0 Å². The normalized spacial score (nSPS) is 20.6. The molecule has 3 aromatic rings. The van der Waals surface area contributed by atoms with Crippen molar-refractivity contribution in [2.24, 2.45) is 18.9 Å². The summed E-state index contributed by atoms with van der Waals surface area (Å²) in [6.07, 6.45) is 0. The van der Waals surface area contributed by atoms with Crippen molar-refractivity contribution in [3.8, 4) is 11.5 Å². The molecule has 0 spiro atoms. The van der Waals surface area contributed by atoms with Crippen LogP contribution in [0.1, 0.15) is 10.4 Å². The van der Waals surface area contributed by atoms with Crippen LogP contribution >= 0.6 is 0 Å². The molecule has 1 amide bonds. The zero-order chi connectivity index (χ0) is 20.8. The maximum absolute atomic E-state index is 13.1. The van der Waals surface area contributed by atoms with E-state index >= 15 is 0 Å². The summed E-state index contributed by atoms with van der Waals surface area (Å²) in [4.78, 5) is 22.3. The van der Waals surface area contributed by atoms with Crippen LogP contribution in [0.4, 0.5) is 5.95 Å². The fraction of sp³-hybridized carbons (Fsp3) is 0.391. The van der Waals surface area contributed by atoms with Crippen LogP contribution in [0.25, 0.3) is 11.0 Å². The van der Waals surface area contributed by atoms with Crippen molar-refractivity contribution in [3.05, 3.63) is 48.0 Å². The standard InChI is InChI=1S/C23H26N4O3/c1-25-21-7-5-4-6-20(21)24-23(25)27-13-16-11-26(12-17(16)14-27)22(28)15-8-18(29-2)10-19(9-15)30-3/h4-10,16-17H,11-14H2,1-3H3. The Balaban J connectivity index is 1.31. The van der Waals surface area contributed by atoms with Crippen molar-refractivity contribution in [2.75, 3.05) is 45.3 Å². The van der Waals surface area contributed by atoms with Gasteiger partial charge in [0.15, 0.2) is 0 Å². The molecule has 0 radical (unpaired) electrons. The molecule has 0 saturated carbocycles. The van der Waals surface area contributed by atoms with E-state index < -0.39 is 0 Å². The second kappa shape index (κ2) is 7.23. The molecule has 30 heavy (non-hydrogen) atoms. The molecule has 156 valence electrons. The lowest BCUT2D eigenvalue weighted by atomic mass is 10.0. The zero-order valence-electron chi connectivity index (χ0n) is 17.5. The number of aryl methyl sites for hydroxylation is 1. The van der Waals surface area contributed by atoms with Crippen LogP contribution in [0.2, 0.25) is 0 Å². The van der Waals surface area contributed by atoms with E-state index in [0.717, 1.165) is 43.2 Å². The molecule has 2 fully saturated rings. The van der Waals surface area contributed by atoms with Gasteiger partial charge in [-0.25, -0.2) is 4.98 Å². The Labute approximate surface area is 175 Å². The number of para-hydroxylation sites is 2. The second-order valence-corrected chi connectivity index (χ2v) is 8.20. The van der Waals surface area contributed by atoms with Crippen molar-refractivity contribution in [1.29, 1.82) is 0 Å². The molecular weight excluding hydrogens is 380 g/mol. The molecule has 2 aromatic carbocycles. The molecule has 2 aliphatic rings. The van der Waals surface area contributed by atoms with E-state index in [1.54, 1.807) is 32.4 Å². The highest BCUT2D eigenvalue weighted by Gasteiger charge is 2.42. The van der Waals surface area contributed by atoms with Crippen LogP contribution in [-0.2, 0) is 7.05 Å². The van der Waals surface area contributed by atoms with Crippen molar-refractivity contribution < 1.29 is 14.3 Å². The van der Waals surface area contributed by atoms with Gasteiger partial charge in [0.05, 0.1) is 25.3 Å². The third-order valence-electron chi connectivity index (χ3n) is 6.42. The van der Waals surface area contributed by atoms with Crippen molar-refractivity contribution in [1.82, 2.24) is 14.5 Å². The Hall–Kier alpha value is -3.22. The van der Waals surface area contributed by atoms with E-state index in [-0.39, 0.29) is 5.91 Å². The number of aromatic nitrogens is 2. The first-order valence-corrected chi connectivity index (χ1v) is 10.3. The van der Waals surface area contributed by atoms with Gasteiger partial charge in [-0.1, -0.05) is 12.1 Å². The summed E-state index contributed by atoms with van der Waals surface area (Å²) >= 11 is 0. The molecule has 0 N–H and O–H groups in total. The average molecular weight is 406 g/mol. The van der Waals surface area contributed by atoms with Crippen LogP contribution in [0.15, 0.2) is 42.5 Å². The van der Waals surface area contributed by atoms with Crippen molar-refractivity contribution >= 4 is 22.9 Å². The quantitative estimate of drug-likeness (QED) is 0.667. The summed E-state index contributed by atoms with van der Waals surface area (Å²) in [5.41, 5.74) is 2.78. The average Bonchev–Trinajstić information content (AvgIpc) is 3.44. The molecule has 2 aliphatic heterocycles. The Morgan fingerprint density at radius 1 is 0.967 bits per heavy atom. The molecule has 5 rings (SSSR count). The SMILES string of the molecule is COc1cc(OC)cc(C(=O)N2CC3CN(c4nc5ccccc5n4C)CC3C2)c1. The smallest absolute Gasteiger partial charge is 0.254 e. The molecule has 0 aliphatic carbocycles. The highest BCUT2D eigenvalue weighted by molar-refractivity contribution is 5.95. The minimum Gasteiger partial charge on any atom is -0.497 e. The molecule has 2 atom stereocenters. The fourth-order valence-corrected chi connectivity index (χ4v) is 4.85. The number of methoxy groups -OCH3 is 2. The van der Waals surface area contributed by atoms with Crippen molar-refractivity contribution in [2.45, 2.75) is 0 Å². The number of carbonyl (C=O) groups excluding carboxylic acids is 1. The van der Waals surface area contributed by atoms with Crippen LogP contribution in [-0.4, -0.2) is 60.8 Å². The van der Waals surface area contributed by atoms with Gasteiger partial charge in [-0.3, -0.25) is 4.79 Å². The third kappa shape index (κ3) is 3.05. The predicted molar refractivity (Wildman–Crippen MR) is 115 cm³/mol. The van der Waals surface area contributed by atoms with Crippen LogP contribution in [0.3, 0.4) is 0 Å². The van der Waals surface area contributed by atoms with Crippen LogP contribution in [0, 0.1) is 11.8 Å². The first kappa shape index (κ1) is 18.8. The number of nitrogens with zero attached hydrogens (tertiary/aromatic N) is 4. The van der Waals surface area contributed by atoms with Crippen LogP contribution in [0.5, 0.6) is 11.5 Å². The van der Waals surface area contributed by atoms with E-state index in [2.05, 4.69) is 28.6 Å². The first-order chi connectivity index (χ1) is 14.6. The summed E-state index contributed by atoms with van der Waals surface area (Å²) in [7, 11) is 5.27. The number of likely N-dealkylation sites (tertiary alicyclic amines) is 1. The van der Waals surface area contributed by atoms with Gasteiger partial charge in [0.25, 0.3) is 5.91 Å². The summed E-state index contributed by atoms with van der Waals surface area (Å²) < 4.78 is 12.8. The Bertz CT molecular complexity index is 1070. The number of benzene rings is 2. The molecule has 7 heteroatoms. The zero-order valence-corrected chi connectivity index (χ0v) is 17.5. The van der Waals surface area contributed by atoms with E-state index in [0.29, 0.717) is 28.9 Å². The number of hydrogen-bond donors (Lipinski definition) is 0. The number of amides is 1. The summed E-state index contributed by atoms with van der Waals surface area (Å²) in [6.45, 7) is 3.38. The molecule has 7 nitrogen and oxygen atoms in total. The number of anilines is 1. The summed E-state index contributed by atoms with van der Waals surface area (Å²) in [6, 6.07) is 13.6. The summed E-state index contributed by atoms with van der Waals surface area (Å²) in [5, 5.41) is 0. The molecule has 2 unspecified atom stereocenters. The van der Waals surface area contributed by atoms with E-state index in [1.165, 1.54) is 0 Å². The molecule has 0 bridgehead atoms. The minimum absolute atomic E-state index is 0.0379. The number of fused-ring (bicyclic) bond motifs is 2. The third-order valence-corrected chi connectivity index (χ3v) is 6.42. The highest BCUT2D eigenvalue weighted by atomic mass is 16.5. The number of hydrogen-bond acceptors (Lipinski definition) is 5. The molecular formula is C23H26N4O3.